The zero-order chi connectivity index (χ0) is 16.7. The van der Waals surface area contributed by atoms with Gasteiger partial charge in [-0.15, -0.1) is 5.06 Å². The second-order valence-corrected chi connectivity index (χ2v) is 6.09. The molecular weight excluding hydrogens is 309 g/mol. The van der Waals surface area contributed by atoms with Gasteiger partial charge in [0.25, 0.3) is 11.8 Å². The highest BCUT2D eigenvalue weighted by Crippen LogP contribution is 2.28. The molecule has 1 atom stereocenters. The van der Waals surface area contributed by atoms with E-state index in [4.69, 9.17) is 4.84 Å². The number of hydrogen-bond acceptors (Lipinski definition) is 5. The molecule has 4 heterocycles. The van der Waals surface area contributed by atoms with Crippen molar-refractivity contribution in [3.8, 4) is 0 Å². The van der Waals surface area contributed by atoms with Crippen LogP contribution in [0.25, 0.3) is 6.08 Å². The third-order valence-electron chi connectivity index (χ3n) is 4.53. The molecule has 24 heavy (non-hydrogen) atoms. The molecule has 2 amide bonds. The molecule has 0 spiro atoms. The van der Waals surface area contributed by atoms with Crippen molar-refractivity contribution >= 4 is 31.4 Å². The van der Waals surface area contributed by atoms with E-state index in [9.17, 15) is 14.4 Å². The SMILES string of the molecule is O=C(CCC1C=CC2=Cc3cccn3BN21)ON1C(=O)CCC1=O. The van der Waals surface area contributed by atoms with E-state index >= 15 is 0 Å². The highest BCUT2D eigenvalue weighted by Gasteiger charge is 2.33. The van der Waals surface area contributed by atoms with Crippen LogP contribution in [0, 0.1) is 0 Å². The number of carbonyl (C=O) groups excluding carboxylic acids is 3. The minimum Gasteiger partial charge on any atom is -0.392 e. The molecule has 1 saturated heterocycles. The molecule has 0 radical (unpaired) electrons. The number of imide groups is 1. The molecule has 0 aliphatic carbocycles. The predicted octanol–water partition coefficient (Wildman–Crippen LogP) is 0.585. The Kier molecular flexibility index (Phi) is 3.52. The normalized spacial score (nSPS) is 21.5. The molecule has 1 aromatic heterocycles. The van der Waals surface area contributed by atoms with Crippen LogP contribution in [0.15, 0.2) is 36.2 Å². The van der Waals surface area contributed by atoms with Gasteiger partial charge >= 0.3 is 13.5 Å². The molecule has 1 aromatic rings. The van der Waals surface area contributed by atoms with Crippen molar-refractivity contribution in [3.63, 3.8) is 0 Å². The van der Waals surface area contributed by atoms with Gasteiger partial charge in [0.05, 0.1) is 6.42 Å². The van der Waals surface area contributed by atoms with Crippen molar-refractivity contribution < 1.29 is 19.2 Å². The standard InChI is InChI=1S/C16H16BN3O4/c21-14-6-7-15(22)20(14)24-16(23)8-5-11-3-4-13-10-12-2-1-9-18(12)17-19(11)13/h1-4,9-11,17H,5-8H2. The maximum Gasteiger partial charge on any atom is 0.361 e. The number of hydrogen-bond donors (Lipinski definition) is 0. The average Bonchev–Trinajstić information content (AvgIpc) is 3.26. The van der Waals surface area contributed by atoms with Gasteiger partial charge < -0.3 is 14.1 Å². The first-order chi connectivity index (χ1) is 11.6. The quantitative estimate of drug-likeness (QED) is 0.598. The molecule has 0 N–H and O–H groups in total. The van der Waals surface area contributed by atoms with Crippen LogP contribution < -0.4 is 0 Å². The summed E-state index contributed by atoms with van der Waals surface area (Å²) < 4.78 is 2.14. The zero-order valence-corrected chi connectivity index (χ0v) is 13.1. The molecule has 1 fully saturated rings. The highest BCUT2D eigenvalue weighted by molar-refractivity contribution is 6.33. The molecule has 3 aliphatic rings. The van der Waals surface area contributed by atoms with E-state index in [1.54, 1.807) is 0 Å². The maximum atomic E-state index is 11.9. The van der Waals surface area contributed by atoms with Crippen molar-refractivity contribution in [2.24, 2.45) is 0 Å². The summed E-state index contributed by atoms with van der Waals surface area (Å²) in [4.78, 5) is 42.0. The molecular formula is C16H16BN3O4. The summed E-state index contributed by atoms with van der Waals surface area (Å²) in [6, 6.07) is 4.17. The lowest BCUT2D eigenvalue weighted by molar-refractivity contribution is -0.197. The largest absolute Gasteiger partial charge is 0.392 e. The van der Waals surface area contributed by atoms with Crippen LogP contribution in [0.4, 0.5) is 0 Å². The van der Waals surface area contributed by atoms with Crippen LogP contribution in [0.2, 0.25) is 0 Å². The van der Waals surface area contributed by atoms with E-state index in [2.05, 4.69) is 33.6 Å². The Balaban J connectivity index is 1.34. The minimum atomic E-state index is -0.553. The lowest BCUT2D eigenvalue weighted by atomic mass is 9.98. The second-order valence-electron chi connectivity index (χ2n) is 6.09. The summed E-state index contributed by atoms with van der Waals surface area (Å²) in [5, 5.41) is 0.602. The summed E-state index contributed by atoms with van der Waals surface area (Å²) in [7, 11) is 0.740. The second kappa shape index (κ2) is 5.70. The third-order valence-corrected chi connectivity index (χ3v) is 4.53. The Morgan fingerprint density at radius 2 is 2.08 bits per heavy atom. The van der Waals surface area contributed by atoms with E-state index < -0.39 is 17.8 Å². The zero-order valence-electron chi connectivity index (χ0n) is 13.1. The number of allylic oxidation sites excluding steroid dienone is 1. The maximum absolute atomic E-state index is 11.9. The van der Waals surface area contributed by atoms with Gasteiger partial charge in [0.15, 0.2) is 0 Å². The van der Waals surface area contributed by atoms with Crippen molar-refractivity contribution in [1.29, 1.82) is 0 Å². The van der Waals surface area contributed by atoms with Crippen molar-refractivity contribution in [2.45, 2.75) is 31.7 Å². The van der Waals surface area contributed by atoms with Gasteiger partial charge in [0, 0.05) is 30.3 Å². The van der Waals surface area contributed by atoms with Crippen LogP contribution >= 0.6 is 0 Å². The van der Waals surface area contributed by atoms with Crippen molar-refractivity contribution in [1.82, 2.24) is 14.4 Å². The van der Waals surface area contributed by atoms with Gasteiger partial charge in [-0.25, -0.2) is 4.79 Å². The van der Waals surface area contributed by atoms with Crippen LogP contribution in [0.3, 0.4) is 0 Å². The predicted molar refractivity (Wildman–Crippen MR) is 86.1 cm³/mol. The Morgan fingerprint density at radius 1 is 1.29 bits per heavy atom. The van der Waals surface area contributed by atoms with Gasteiger partial charge in [0.1, 0.15) is 0 Å². The summed E-state index contributed by atoms with van der Waals surface area (Å²) in [5.41, 5.74) is 2.29. The van der Waals surface area contributed by atoms with Crippen LogP contribution in [-0.2, 0) is 19.2 Å². The fourth-order valence-corrected chi connectivity index (χ4v) is 3.24. The molecule has 8 heteroatoms. The Labute approximate surface area is 139 Å². The number of amides is 2. The molecule has 4 rings (SSSR count). The smallest absolute Gasteiger partial charge is 0.361 e. The first-order valence-electron chi connectivity index (χ1n) is 8.00. The Morgan fingerprint density at radius 3 is 2.88 bits per heavy atom. The van der Waals surface area contributed by atoms with Crippen LogP contribution in [0.5, 0.6) is 0 Å². The number of rotatable bonds is 4. The van der Waals surface area contributed by atoms with E-state index in [0.29, 0.717) is 11.5 Å². The average molecular weight is 325 g/mol. The molecule has 0 bridgehead atoms. The summed E-state index contributed by atoms with van der Waals surface area (Å²) in [6.07, 6.45) is 9.19. The molecule has 1 unspecified atom stereocenters. The molecule has 0 saturated carbocycles. The van der Waals surface area contributed by atoms with Gasteiger partial charge in [-0.2, -0.15) is 0 Å². The van der Waals surface area contributed by atoms with Gasteiger partial charge in [-0.3, -0.25) is 9.59 Å². The van der Waals surface area contributed by atoms with E-state index in [0.717, 1.165) is 18.9 Å². The summed E-state index contributed by atoms with van der Waals surface area (Å²) in [6.45, 7) is 0. The molecule has 3 aliphatic heterocycles. The summed E-state index contributed by atoms with van der Waals surface area (Å²) >= 11 is 0. The first kappa shape index (κ1) is 14.8. The Hall–Kier alpha value is -2.77. The number of carbonyl (C=O) groups is 3. The molecule has 0 aromatic carbocycles. The highest BCUT2D eigenvalue weighted by atomic mass is 16.7. The van der Waals surface area contributed by atoms with E-state index in [1.807, 2.05) is 12.3 Å². The van der Waals surface area contributed by atoms with Crippen LogP contribution in [0.1, 0.15) is 31.4 Å². The lowest BCUT2D eigenvalue weighted by Gasteiger charge is -2.31. The monoisotopic (exact) mass is 325 g/mol. The van der Waals surface area contributed by atoms with E-state index in [1.165, 1.54) is 0 Å². The van der Waals surface area contributed by atoms with Gasteiger partial charge in [0.2, 0.25) is 0 Å². The number of nitrogens with zero attached hydrogens (tertiary/aromatic N) is 3. The topological polar surface area (TPSA) is 71.8 Å². The number of hydroxylamine groups is 2. The van der Waals surface area contributed by atoms with Crippen molar-refractivity contribution in [2.75, 3.05) is 0 Å². The number of fused-ring (bicyclic) bond motifs is 2. The fourth-order valence-electron chi connectivity index (χ4n) is 3.24. The Bertz CT molecular complexity index is 766. The third kappa shape index (κ3) is 2.53. The molecule has 122 valence electrons. The summed E-state index contributed by atoms with van der Waals surface area (Å²) in [5.74, 6) is -1.45. The van der Waals surface area contributed by atoms with Gasteiger partial charge in [-0.1, -0.05) is 6.08 Å². The van der Waals surface area contributed by atoms with E-state index in [-0.39, 0.29) is 25.3 Å². The first-order valence-corrected chi connectivity index (χ1v) is 8.00. The fraction of sp³-hybridized carbons (Fsp3) is 0.312. The lowest BCUT2D eigenvalue weighted by Crippen LogP contribution is -2.39. The number of aromatic nitrogens is 1. The van der Waals surface area contributed by atoms with Gasteiger partial charge in [-0.05, 0) is 36.9 Å². The molecule has 7 nitrogen and oxygen atoms in total. The van der Waals surface area contributed by atoms with Crippen LogP contribution in [-0.4, -0.2) is 45.7 Å². The minimum absolute atomic E-state index is 0.101. The van der Waals surface area contributed by atoms with Crippen molar-refractivity contribution in [3.05, 3.63) is 41.9 Å².